The molecule has 0 amide bonds. The van der Waals surface area contributed by atoms with Crippen LogP contribution < -0.4 is 33.4 Å². The quantitative estimate of drug-likeness (QED) is 0.365. The van der Waals surface area contributed by atoms with Crippen LogP contribution >= 0.6 is 11.3 Å². The molecule has 0 atom stereocenters. The fourth-order valence-corrected chi connectivity index (χ4v) is 4.24. The molecule has 2 nitrogen and oxygen atoms in total. The lowest BCUT2D eigenvalue weighted by Gasteiger charge is -2.22. The number of para-hydroxylation sites is 2. The smallest absolute Gasteiger partial charge is 0.234 e. The van der Waals surface area contributed by atoms with Crippen LogP contribution in [0.5, 0.6) is 0 Å². The summed E-state index contributed by atoms with van der Waals surface area (Å²) in [6.07, 6.45) is 0. The molecule has 1 aliphatic rings. The van der Waals surface area contributed by atoms with Gasteiger partial charge in [-0.05, 0) is 17.7 Å². The molecule has 0 saturated heterocycles. The lowest BCUT2D eigenvalue weighted by atomic mass is 9.85. The van der Waals surface area contributed by atoms with Crippen molar-refractivity contribution in [3.8, 4) is 0 Å². The van der Waals surface area contributed by atoms with Gasteiger partial charge in [0.25, 0.3) is 0 Å². The van der Waals surface area contributed by atoms with E-state index >= 15 is 0 Å². The number of allylic oxidation sites excluding steroid dienone is 1. The minimum absolute atomic E-state index is 0. The normalized spacial score (nSPS) is 14.6. The van der Waals surface area contributed by atoms with Gasteiger partial charge >= 0.3 is 0 Å². The van der Waals surface area contributed by atoms with E-state index in [0.717, 1.165) is 0 Å². The molecule has 0 unspecified atom stereocenters. The molecule has 4 rings (SSSR count). The average molecular weight is 464 g/mol. The molecule has 0 saturated carbocycles. The van der Waals surface area contributed by atoms with E-state index < -0.39 is 0 Å². The number of fused-ring (bicyclic) bond motifs is 2. The van der Waals surface area contributed by atoms with Crippen molar-refractivity contribution in [2.24, 2.45) is 7.05 Å². The second kappa shape index (κ2) is 7.46. The number of anilines is 1. The summed E-state index contributed by atoms with van der Waals surface area (Å²) in [5, 5.41) is 1.35. The zero-order valence-electron chi connectivity index (χ0n) is 15.5. The van der Waals surface area contributed by atoms with Crippen LogP contribution in [0.4, 0.5) is 5.69 Å². The molecule has 0 spiro atoms. The van der Waals surface area contributed by atoms with Gasteiger partial charge in [0.05, 0.1) is 0 Å². The first-order valence-corrected chi connectivity index (χ1v) is 9.02. The number of benzene rings is 2. The standard InChI is InChI=1S/C12H15N.C9H10NS.HI/c1-9-12(2,3)10-7-5-6-8-11(10)13(9)4;1-7-10(2)8-5-3-4-6-9(8)11-7;/h5-8H,1H2,2-4H3;3-6H,1-2H3;1H/q;+1;/p-1. The lowest BCUT2D eigenvalue weighted by molar-refractivity contribution is -0.646. The summed E-state index contributed by atoms with van der Waals surface area (Å²) in [7, 11) is 4.18. The monoisotopic (exact) mass is 464 g/mol. The van der Waals surface area contributed by atoms with E-state index in [-0.39, 0.29) is 29.4 Å². The van der Waals surface area contributed by atoms with Crippen LogP contribution in [0.3, 0.4) is 0 Å². The highest BCUT2D eigenvalue weighted by Gasteiger charge is 2.36. The van der Waals surface area contributed by atoms with Crippen LogP contribution in [0.1, 0.15) is 24.4 Å². The van der Waals surface area contributed by atoms with Gasteiger partial charge in [-0.25, -0.2) is 0 Å². The molecule has 4 heteroatoms. The van der Waals surface area contributed by atoms with Crippen LogP contribution in [-0.4, -0.2) is 7.05 Å². The number of aryl methyl sites for hydroxylation is 2. The number of aromatic nitrogens is 1. The largest absolute Gasteiger partial charge is 1.00 e. The highest BCUT2D eigenvalue weighted by molar-refractivity contribution is 7.18. The Kier molecular flexibility index (Phi) is 5.94. The summed E-state index contributed by atoms with van der Waals surface area (Å²) in [6, 6.07) is 17.0. The fraction of sp³-hybridized carbons (Fsp3) is 0.286. The number of likely N-dealkylation sites (N-methyl/N-ethyl adjacent to an activating group) is 1. The SMILES string of the molecule is C=C1N(C)c2ccccc2C1(C)C.Cc1sc2ccccc2[n+]1C.[I-]. The van der Waals surface area contributed by atoms with Gasteiger partial charge in [0.2, 0.25) is 10.5 Å². The van der Waals surface area contributed by atoms with Crippen molar-refractivity contribution >= 4 is 27.2 Å². The topological polar surface area (TPSA) is 7.12 Å². The molecule has 2 heterocycles. The Labute approximate surface area is 171 Å². The van der Waals surface area contributed by atoms with Crippen molar-refractivity contribution in [1.29, 1.82) is 0 Å². The number of thiazole rings is 1. The molecule has 132 valence electrons. The maximum absolute atomic E-state index is 4.13. The summed E-state index contributed by atoms with van der Waals surface area (Å²) >= 11 is 1.84. The summed E-state index contributed by atoms with van der Waals surface area (Å²) in [6.45, 7) is 10.7. The first-order chi connectivity index (χ1) is 11.3. The predicted molar refractivity (Wildman–Crippen MR) is 105 cm³/mol. The molecule has 0 aliphatic carbocycles. The van der Waals surface area contributed by atoms with Gasteiger partial charge in [0, 0.05) is 36.8 Å². The van der Waals surface area contributed by atoms with E-state index in [4.69, 9.17) is 0 Å². The van der Waals surface area contributed by atoms with Crippen LogP contribution in [0.15, 0.2) is 60.8 Å². The van der Waals surface area contributed by atoms with Gasteiger partial charge in [-0.3, -0.25) is 0 Å². The molecule has 25 heavy (non-hydrogen) atoms. The van der Waals surface area contributed by atoms with Crippen molar-refractivity contribution in [2.75, 3.05) is 11.9 Å². The van der Waals surface area contributed by atoms with E-state index in [1.165, 1.54) is 32.2 Å². The second-order valence-electron chi connectivity index (χ2n) is 6.80. The molecule has 3 aromatic rings. The summed E-state index contributed by atoms with van der Waals surface area (Å²) in [5.41, 5.74) is 5.26. The van der Waals surface area contributed by atoms with E-state index in [1.54, 1.807) is 0 Å². The summed E-state index contributed by atoms with van der Waals surface area (Å²) in [4.78, 5) is 2.18. The first-order valence-electron chi connectivity index (χ1n) is 8.21. The minimum atomic E-state index is 0. The van der Waals surface area contributed by atoms with Crippen LogP contribution in [0, 0.1) is 6.92 Å². The molecule has 1 aromatic heterocycles. The Morgan fingerprint density at radius 2 is 1.64 bits per heavy atom. The van der Waals surface area contributed by atoms with E-state index in [2.05, 4.69) is 99.4 Å². The number of hydrogen-bond donors (Lipinski definition) is 0. The first kappa shape index (κ1) is 19.9. The highest BCUT2D eigenvalue weighted by atomic mass is 127. The van der Waals surface area contributed by atoms with Crippen molar-refractivity contribution in [2.45, 2.75) is 26.2 Å². The van der Waals surface area contributed by atoms with Gasteiger partial charge < -0.3 is 28.9 Å². The molecule has 0 fully saturated rings. The fourth-order valence-electron chi connectivity index (χ4n) is 3.23. The van der Waals surface area contributed by atoms with Crippen LogP contribution in [0.25, 0.3) is 10.2 Å². The van der Waals surface area contributed by atoms with Gasteiger partial charge in [-0.15, -0.1) is 0 Å². The van der Waals surface area contributed by atoms with Gasteiger partial charge in [-0.2, -0.15) is 4.57 Å². The lowest BCUT2D eigenvalue weighted by Crippen LogP contribution is -3.00. The third kappa shape index (κ3) is 3.47. The average Bonchev–Trinajstić information content (AvgIpc) is 2.97. The van der Waals surface area contributed by atoms with E-state index in [1.807, 2.05) is 11.3 Å². The van der Waals surface area contributed by atoms with Crippen LogP contribution in [-0.2, 0) is 12.5 Å². The Morgan fingerprint density at radius 3 is 2.28 bits per heavy atom. The Morgan fingerprint density at radius 1 is 1.04 bits per heavy atom. The van der Waals surface area contributed by atoms with Crippen LogP contribution in [0.2, 0.25) is 0 Å². The summed E-state index contributed by atoms with van der Waals surface area (Å²) < 4.78 is 3.59. The maximum Gasteiger partial charge on any atom is 0.234 e. The van der Waals surface area contributed by atoms with Crippen molar-refractivity contribution in [3.05, 3.63) is 71.4 Å². The zero-order chi connectivity index (χ0) is 17.5. The van der Waals surface area contributed by atoms with Crippen molar-refractivity contribution in [3.63, 3.8) is 0 Å². The number of hydrogen-bond acceptors (Lipinski definition) is 2. The molecule has 1 aliphatic heterocycles. The molecule has 0 radical (unpaired) electrons. The number of halogens is 1. The molecular formula is C21H25IN2S. The zero-order valence-corrected chi connectivity index (χ0v) is 18.5. The Hall–Kier alpha value is -1.40. The van der Waals surface area contributed by atoms with Gasteiger partial charge in [0.1, 0.15) is 11.7 Å². The maximum atomic E-state index is 4.13. The van der Waals surface area contributed by atoms with E-state index in [0.29, 0.717) is 0 Å². The van der Waals surface area contributed by atoms with Crippen molar-refractivity contribution in [1.82, 2.24) is 0 Å². The van der Waals surface area contributed by atoms with Crippen molar-refractivity contribution < 1.29 is 28.5 Å². The molecule has 0 bridgehead atoms. The minimum Gasteiger partial charge on any atom is -1.00 e. The second-order valence-corrected chi connectivity index (χ2v) is 8.03. The molecule has 0 N–H and O–H groups in total. The molecule has 2 aromatic carbocycles. The number of nitrogens with zero attached hydrogens (tertiary/aromatic N) is 2. The third-order valence-corrected chi connectivity index (χ3v) is 6.16. The predicted octanol–water partition coefficient (Wildman–Crippen LogP) is 1.97. The Bertz CT molecular complexity index is 911. The third-order valence-electron chi connectivity index (χ3n) is 5.02. The van der Waals surface area contributed by atoms with E-state index in [9.17, 15) is 0 Å². The summed E-state index contributed by atoms with van der Waals surface area (Å²) in [5.74, 6) is 0. The Balaban J connectivity index is 0.000000175. The van der Waals surface area contributed by atoms with Gasteiger partial charge in [-0.1, -0.05) is 62.1 Å². The number of rotatable bonds is 0. The van der Waals surface area contributed by atoms with Gasteiger partial charge in [0.15, 0.2) is 0 Å². The highest BCUT2D eigenvalue weighted by Crippen LogP contribution is 2.45. The molecular weight excluding hydrogens is 439 g/mol.